The van der Waals surface area contributed by atoms with Crippen LogP contribution in [0.4, 0.5) is 0 Å². The number of halogens is 1. The molecule has 0 spiro atoms. The van der Waals surface area contributed by atoms with Crippen LogP contribution in [0.5, 0.6) is 0 Å². The van der Waals surface area contributed by atoms with Crippen LogP contribution < -0.4 is 5.32 Å². The lowest BCUT2D eigenvalue weighted by atomic mass is 10.0. The van der Waals surface area contributed by atoms with Crippen molar-refractivity contribution in [2.24, 2.45) is 0 Å². The molecule has 68 valence electrons. The van der Waals surface area contributed by atoms with Gasteiger partial charge in [-0.3, -0.25) is 4.79 Å². The first-order chi connectivity index (χ1) is 6.27. The van der Waals surface area contributed by atoms with Crippen molar-refractivity contribution < 1.29 is 4.79 Å². The lowest BCUT2D eigenvalue weighted by Gasteiger charge is -2.04. The predicted octanol–water partition coefficient (Wildman–Crippen LogP) is 1.55. The number of fused-ring (bicyclic) bond motifs is 1. The second-order valence-electron chi connectivity index (χ2n) is 3.15. The van der Waals surface area contributed by atoms with E-state index < -0.39 is 0 Å². The zero-order valence-corrected chi connectivity index (χ0v) is 7.90. The highest BCUT2D eigenvalue weighted by molar-refractivity contribution is 6.31. The fourth-order valence-corrected chi connectivity index (χ4v) is 1.86. The van der Waals surface area contributed by atoms with E-state index in [0.717, 1.165) is 12.0 Å². The number of rotatable bonds is 0. The van der Waals surface area contributed by atoms with Gasteiger partial charge < -0.3 is 5.32 Å². The molecule has 3 heteroatoms. The average molecular weight is 196 g/mol. The molecule has 1 aliphatic rings. The molecule has 0 fully saturated rings. The van der Waals surface area contributed by atoms with Crippen molar-refractivity contribution in [1.29, 1.82) is 0 Å². The zero-order chi connectivity index (χ0) is 9.26. The van der Waals surface area contributed by atoms with Crippen LogP contribution in [0.1, 0.15) is 11.1 Å². The van der Waals surface area contributed by atoms with Crippen molar-refractivity contribution in [2.75, 3.05) is 6.54 Å². The number of carbonyl (C=O) groups is 1. The largest absolute Gasteiger partial charge is 0.355 e. The summed E-state index contributed by atoms with van der Waals surface area (Å²) in [5.74, 6) is 0.0619. The zero-order valence-electron chi connectivity index (χ0n) is 7.14. The second-order valence-corrected chi connectivity index (χ2v) is 3.56. The van der Waals surface area contributed by atoms with Crippen LogP contribution >= 0.6 is 11.6 Å². The maximum absolute atomic E-state index is 11.2. The van der Waals surface area contributed by atoms with Gasteiger partial charge in [-0.05, 0) is 23.6 Å². The maximum atomic E-state index is 11.2. The Bertz CT molecular complexity index is 349. The van der Waals surface area contributed by atoms with Gasteiger partial charge in [-0.1, -0.05) is 23.7 Å². The van der Waals surface area contributed by atoms with Crippen molar-refractivity contribution in [3.05, 3.63) is 34.3 Å². The molecule has 13 heavy (non-hydrogen) atoms. The molecule has 1 aromatic rings. The molecule has 1 heterocycles. The summed E-state index contributed by atoms with van der Waals surface area (Å²) in [7, 11) is 0. The summed E-state index contributed by atoms with van der Waals surface area (Å²) in [6, 6.07) is 5.79. The first-order valence-electron chi connectivity index (χ1n) is 4.30. The van der Waals surface area contributed by atoms with Gasteiger partial charge in [0.05, 0.1) is 6.42 Å². The Kier molecular flexibility index (Phi) is 2.23. The minimum atomic E-state index is 0.0619. The molecular formula is C10H10ClNO. The number of benzene rings is 1. The van der Waals surface area contributed by atoms with E-state index >= 15 is 0 Å². The van der Waals surface area contributed by atoms with Gasteiger partial charge in [0.2, 0.25) is 5.91 Å². The molecule has 2 nitrogen and oxygen atoms in total. The van der Waals surface area contributed by atoms with Gasteiger partial charge in [-0.2, -0.15) is 0 Å². The molecule has 0 unspecified atom stereocenters. The molecule has 1 aromatic carbocycles. The number of hydrogen-bond donors (Lipinski definition) is 1. The highest BCUT2D eigenvalue weighted by Gasteiger charge is 2.14. The van der Waals surface area contributed by atoms with E-state index in [1.165, 1.54) is 5.56 Å². The summed E-state index contributed by atoms with van der Waals surface area (Å²) in [4.78, 5) is 11.2. The Morgan fingerprint density at radius 2 is 2.23 bits per heavy atom. The van der Waals surface area contributed by atoms with E-state index in [1.54, 1.807) is 0 Å². The summed E-state index contributed by atoms with van der Waals surface area (Å²) in [6.07, 6.45) is 1.29. The van der Waals surface area contributed by atoms with Gasteiger partial charge in [0, 0.05) is 11.6 Å². The number of hydrogen-bond acceptors (Lipinski definition) is 1. The molecule has 1 N–H and O–H groups in total. The Morgan fingerprint density at radius 1 is 1.38 bits per heavy atom. The van der Waals surface area contributed by atoms with Crippen molar-refractivity contribution in [3.63, 3.8) is 0 Å². The third kappa shape index (κ3) is 1.68. The summed E-state index contributed by atoms with van der Waals surface area (Å²) in [5.41, 5.74) is 2.17. The van der Waals surface area contributed by atoms with Gasteiger partial charge in [0.15, 0.2) is 0 Å². The monoisotopic (exact) mass is 195 g/mol. The van der Waals surface area contributed by atoms with Crippen LogP contribution in [0, 0.1) is 0 Å². The molecule has 0 saturated heterocycles. The van der Waals surface area contributed by atoms with E-state index in [1.807, 2.05) is 18.2 Å². The van der Waals surface area contributed by atoms with Gasteiger partial charge in [0.25, 0.3) is 0 Å². The van der Waals surface area contributed by atoms with E-state index in [-0.39, 0.29) is 5.91 Å². The maximum Gasteiger partial charge on any atom is 0.224 e. The average Bonchev–Trinajstić information content (AvgIpc) is 2.28. The first-order valence-corrected chi connectivity index (χ1v) is 4.68. The summed E-state index contributed by atoms with van der Waals surface area (Å²) in [5, 5.41) is 3.52. The Hall–Kier alpha value is -1.02. The molecule has 0 aliphatic carbocycles. The van der Waals surface area contributed by atoms with Gasteiger partial charge in [0.1, 0.15) is 0 Å². The topological polar surface area (TPSA) is 29.1 Å². The third-order valence-electron chi connectivity index (χ3n) is 2.27. The molecule has 1 aliphatic heterocycles. The normalized spacial score (nSPS) is 15.9. The van der Waals surface area contributed by atoms with E-state index in [4.69, 9.17) is 11.6 Å². The SMILES string of the molecule is O=C1Cc2c(Cl)cccc2CCN1. The molecule has 0 saturated carbocycles. The molecule has 0 aromatic heterocycles. The van der Waals surface area contributed by atoms with Crippen molar-refractivity contribution in [2.45, 2.75) is 12.8 Å². The first kappa shape index (κ1) is 8.57. The standard InChI is InChI=1S/C10H10ClNO/c11-9-3-1-2-7-4-5-12-10(13)6-8(7)9/h1-3H,4-6H2,(H,12,13). The lowest BCUT2D eigenvalue weighted by Crippen LogP contribution is -2.24. The minimum absolute atomic E-state index is 0.0619. The smallest absolute Gasteiger partial charge is 0.224 e. The predicted molar refractivity (Wildman–Crippen MR) is 51.9 cm³/mol. The van der Waals surface area contributed by atoms with Gasteiger partial charge in [-0.15, -0.1) is 0 Å². The van der Waals surface area contributed by atoms with Crippen molar-refractivity contribution in [1.82, 2.24) is 5.32 Å². The Labute approximate surface area is 81.9 Å². The highest BCUT2D eigenvalue weighted by atomic mass is 35.5. The highest BCUT2D eigenvalue weighted by Crippen LogP contribution is 2.22. The van der Waals surface area contributed by atoms with Crippen LogP contribution in [0.15, 0.2) is 18.2 Å². The number of nitrogens with one attached hydrogen (secondary N) is 1. The van der Waals surface area contributed by atoms with Crippen LogP contribution in [-0.2, 0) is 17.6 Å². The number of carbonyl (C=O) groups excluding carboxylic acids is 1. The summed E-state index contributed by atoms with van der Waals surface area (Å²) in [6.45, 7) is 0.714. The molecule has 2 rings (SSSR count). The quantitative estimate of drug-likeness (QED) is 0.669. The molecular weight excluding hydrogens is 186 g/mol. The van der Waals surface area contributed by atoms with Crippen LogP contribution in [0.2, 0.25) is 5.02 Å². The fourth-order valence-electron chi connectivity index (χ4n) is 1.60. The Morgan fingerprint density at radius 3 is 3.08 bits per heavy atom. The van der Waals surface area contributed by atoms with Crippen molar-refractivity contribution in [3.8, 4) is 0 Å². The van der Waals surface area contributed by atoms with Gasteiger partial charge in [-0.25, -0.2) is 0 Å². The van der Waals surface area contributed by atoms with E-state index in [0.29, 0.717) is 18.0 Å². The van der Waals surface area contributed by atoms with Crippen LogP contribution in [0.3, 0.4) is 0 Å². The minimum Gasteiger partial charge on any atom is -0.355 e. The molecule has 0 bridgehead atoms. The third-order valence-corrected chi connectivity index (χ3v) is 2.62. The molecule has 0 atom stereocenters. The van der Waals surface area contributed by atoms with Crippen molar-refractivity contribution >= 4 is 17.5 Å². The summed E-state index contributed by atoms with van der Waals surface area (Å²) >= 11 is 6.00. The van der Waals surface area contributed by atoms with Crippen LogP contribution in [-0.4, -0.2) is 12.5 Å². The van der Waals surface area contributed by atoms with Gasteiger partial charge >= 0.3 is 0 Å². The molecule has 1 amide bonds. The fraction of sp³-hybridized carbons (Fsp3) is 0.300. The molecule has 0 radical (unpaired) electrons. The number of amides is 1. The lowest BCUT2D eigenvalue weighted by molar-refractivity contribution is -0.120. The van der Waals surface area contributed by atoms with Crippen LogP contribution in [0.25, 0.3) is 0 Å². The van der Waals surface area contributed by atoms with E-state index in [2.05, 4.69) is 5.32 Å². The van der Waals surface area contributed by atoms with E-state index in [9.17, 15) is 4.79 Å². The Balaban J connectivity index is 2.46. The summed E-state index contributed by atoms with van der Waals surface area (Å²) < 4.78 is 0. The second kappa shape index (κ2) is 3.38.